The lowest BCUT2D eigenvalue weighted by molar-refractivity contribution is -0.123. The minimum Gasteiger partial charge on any atom is -0.507 e. The van der Waals surface area contributed by atoms with Crippen LogP contribution in [0.1, 0.15) is 33.2 Å². The Labute approximate surface area is 206 Å². The molecule has 1 atom stereocenters. The fourth-order valence-corrected chi connectivity index (χ4v) is 3.68. The molecule has 0 aliphatic rings. The lowest BCUT2D eigenvalue weighted by Gasteiger charge is -2.18. The smallest absolute Gasteiger partial charge is 0.272 e. The molecular weight excluding hydrogens is 458 g/mol. The van der Waals surface area contributed by atoms with Crippen molar-refractivity contribution in [3.63, 3.8) is 0 Å². The molecule has 9 heteroatoms. The summed E-state index contributed by atoms with van der Waals surface area (Å²) in [6.45, 7) is 3.67. The van der Waals surface area contributed by atoms with Gasteiger partial charge in [0.15, 0.2) is 6.04 Å². The lowest BCUT2D eigenvalue weighted by atomic mass is 10.0. The first-order valence-electron chi connectivity index (χ1n) is 11.1. The summed E-state index contributed by atoms with van der Waals surface area (Å²) in [7, 11) is 0. The highest BCUT2D eigenvalue weighted by Crippen LogP contribution is 2.22. The van der Waals surface area contributed by atoms with Gasteiger partial charge in [0.1, 0.15) is 11.4 Å². The van der Waals surface area contributed by atoms with Crippen LogP contribution in [0, 0.1) is 0 Å². The molecule has 0 spiro atoms. The molecule has 0 radical (unpaired) electrons. The summed E-state index contributed by atoms with van der Waals surface area (Å²) in [6, 6.07) is 18.9. The second-order valence-corrected chi connectivity index (χ2v) is 7.84. The number of phenols is 1. The van der Waals surface area contributed by atoms with E-state index in [1.54, 1.807) is 78.9 Å². The number of aromatic hydroxyl groups is 1. The van der Waals surface area contributed by atoms with Crippen molar-refractivity contribution in [1.29, 1.82) is 0 Å². The van der Waals surface area contributed by atoms with Crippen molar-refractivity contribution < 1.29 is 14.7 Å². The largest absolute Gasteiger partial charge is 0.507 e. The average Bonchev–Trinajstić information content (AvgIpc) is 2.90. The van der Waals surface area contributed by atoms with Crippen molar-refractivity contribution in [1.82, 2.24) is 20.9 Å². The van der Waals surface area contributed by atoms with E-state index in [0.717, 1.165) is 0 Å². The Balaban J connectivity index is 1.66. The van der Waals surface area contributed by atoms with Gasteiger partial charge in [0.25, 0.3) is 17.4 Å². The quantitative estimate of drug-likeness (QED) is 0.174. The summed E-state index contributed by atoms with van der Waals surface area (Å²) in [5, 5.41) is 24.2. The van der Waals surface area contributed by atoms with Gasteiger partial charge in [-0.05, 0) is 36.2 Å². The number of aromatic amines is 1. The number of hydrogen-bond acceptors (Lipinski definition) is 6. The normalized spacial score (nSPS) is 11.8. The van der Waals surface area contributed by atoms with Crippen LogP contribution in [0.4, 0.5) is 0 Å². The number of carbonyl (C=O) groups is 2. The molecule has 0 saturated carbocycles. The number of nitrogens with zero attached hydrogens (tertiary/aromatic N) is 2. The number of aromatic nitrogens is 2. The lowest BCUT2D eigenvalue weighted by Crippen LogP contribution is -2.40. The zero-order valence-electron chi connectivity index (χ0n) is 19.1. The number of hydrogen-bond donors (Lipinski definition) is 4. The molecule has 0 aliphatic heterocycles. The Morgan fingerprint density at radius 2 is 1.75 bits per heavy atom. The molecule has 0 saturated heterocycles. The first-order chi connectivity index (χ1) is 17.5. The van der Waals surface area contributed by atoms with Crippen LogP contribution in [0.3, 0.4) is 0 Å². The predicted molar refractivity (Wildman–Crippen MR) is 137 cm³/mol. The first-order valence-corrected chi connectivity index (χ1v) is 11.1. The molecule has 3 aromatic carbocycles. The van der Waals surface area contributed by atoms with E-state index in [0.29, 0.717) is 33.9 Å². The molecule has 36 heavy (non-hydrogen) atoms. The summed E-state index contributed by atoms with van der Waals surface area (Å²) in [4.78, 5) is 38.4. The third-order valence-corrected chi connectivity index (χ3v) is 5.47. The van der Waals surface area contributed by atoms with E-state index in [1.807, 2.05) is 0 Å². The topological polar surface area (TPSA) is 137 Å². The summed E-state index contributed by atoms with van der Waals surface area (Å²) >= 11 is 0. The molecule has 0 bridgehead atoms. The molecule has 4 rings (SSSR count). The maximum absolute atomic E-state index is 13.2. The van der Waals surface area contributed by atoms with E-state index in [4.69, 9.17) is 0 Å². The van der Waals surface area contributed by atoms with Crippen LogP contribution in [0.2, 0.25) is 0 Å². The fraction of sp³-hybridized carbons (Fsp3) is 0.0741. The second kappa shape index (κ2) is 10.9. The number of allylic oxidation sites excluding steroid dienone is 1. The van der Waals surface area contributed by atoms with Crippen LogP contribution in [0.15, 0.2) is 95.3 Å². The molecule has 1 heterocycles. The number of H-pyrrole nitrogens is 1. The molecule has 0 aliphatic carbocycles. The first kappa shape index (κ1) is 24.1. The van der Waals surface area contributed by atoms with Gasteiger partial charge in [-0.1, -0.05) is 54.6 Å². The minimum atomic E-state index is -1.28. The number of carbonyl (C=O) groups excluding carboxylic acids is 2. The SMILES string of the molecule is C=CCc1cccc(/C=N/NC(=O)[C@@H](NC(=O)c2ccccc2)c2n[nH]c(=O)c3ccccc23)c1O. The van der Waals surface area contributed by atoms with Crippen molar-refractivity contribution in [2.75, 3.05) is 0 Å². The van der Waals surface area contributed by atoms with Gasteiger partial charge in [-0.25, -0.2) is 10.5 Å². The van der Waals surface area contributed by atoms with Crippen molar-refractivity contribution in [2.45, 2.75) is 12.5 Å². The molecule has 4 N–H and O–H groups in total. The standard InChI is InChI=1S/C27H23N5O4/c1-2-9-17-12-8-13-19(24(17)33)16-28-31-27(36)23(29-25(34)18-10-4-3-5-11-18)22-20-14-6-7-15-21(20)26(35)32-30-22/h2-8,10-16,23,33H,1,9H2,(H,29,34)(H,31,36)(H,32,35)/b28-16+/t23-/m0/s1. The number of fused-ring (bicyclic) bond motifs is 1. The number of benzene rings is 3. The maximum Gasteiger partial charge on any atom is 0.272 e. The number of phenolic OH excluding ortho intramolecular Hbond substituents is 1. The molecule has 9 nitrogen and oxygen atoms in total. The van der Waals surface area contributed by atoms with Crippen LogP contribution in [0.25, 0.3) is 10.8 Å². The molecule has 4 aromatic rings. The van der Waals surface area contributed by atoms with Gasteiger partial charge < -0.3 is 10.4 Å². The van der Waals surface area contributed by atoms with E-state index in [9.17, 15) is 19.5 Å². The highest BCUT2D eigenvalue weighted by atomic mass is 16.3. The van der Waals surface area contributed by atoms with Crippen LogP contribution in [0.5, 0.6) is 5.75 Å². The number of nitrogens with one attached hydrogen (secondary N) is 3. The number of para-hydroxylation sites is 1. The van der Waals surface area contributed by atoms with Crippen LogP contribution < -0.4 is 16.3 Å². The van der Waals surface area contributed by atoms with Crippen molar-refractivity contribution >= 4 is 28.8 Å². The highest BCUT2D eigenvalue weighted by Gasteiger charge is 2.27. The molecule has 180 valence electrons. The number of amides is 2. The predicted octanol–water partition coefficient (Wildman–Crippen LogP) is 2.98. The van der Waals surface area contributed by atoms with Crippen molar-refractivity contribution in [3.8, 4) is 5.75 Å². The summed E-state index contributed by atoms with van der Waals surface area (Å²) in [5.74, 6) is -1.17. The maximum atomic E-state index is 13.2. The van der Waals surface area contributed by atoms with E-state index in [2.05, 4.69) is 32.6 Å². The minimum absolute atomic E-state index is 0.0256. The van der Waals surface area contributed by atoms with Crippen LogP contribution >= 0.6 is 0 Å². The van der Waals surface area contributed by atoms with Gasteiger partial charge in [0.05, 0.1) is 11.6 Å². The van der Waals surface area contributed by atoms with Gasteiger partial charge in [0, 0.05) is 16.5 Å². The summed E-state index contributed by atoms with van der Waals surface area (Å²) < 4.78 is 0. The van der Waals surface area contributed by atoms with Gasteiger partial charge in [0.2, 0.25) is 0 Å². The second-order valence-electron chi connectivity index (χ2n) is 7.84. The summed E-state index contributed by atoms with van der Waals surface area (Å²) in [5.41, 5.74) is 3.53. The van der Waals surface area contributed by atoms with Crippen LogP contribution in [-0.2, 0) is 11.2 Å². The van der Waals surface area contributed by atoms with Gasteiger partial charge in [-0.15, -0.1) is 6.58 Å². The van der Waals surface area contributed by atoms with Crippen molar-refractivity contribution in [3.05, 3.63) is 118 Å². The molecule has 1 aromatic heterocycles. The Kier molecular flexibility index (Phi) is 7.30. The van der Waals surface area contributed by atoms with E-state index in [1.165, 1.54) is 6.21 Å². The third-order valence-electron chi connectivity index (χ3n) is 5.47. The molecule has 0 fully saturated rings. The molecule has 2 amide bonds. The van der Waals surface area contributed by atoms with E-state index < -0.39 is 23.4 Å². The molecule has 0 unspecified atom stereocenters. The fourth-order valence-electron chi connectivity index (χ4n) is 3.68. The Hall–Kier alpha value is -5.05. The average molecular weight is 482 g/mol. The third kappa shape index (κ3) is 5.20. The van der Waals surface area contributed by atoms with E-state index in [-0.39, 0.29) is 11.4 Å². The monoisotopic (exact) mass is 481 g/mol. The Morgan fingerprint density at radius 3 is 2.50 bits per heavy atom. The number of rotatable bonds is 8. The zero-order valence-corrected chi connectivity index (χ0v) is 19.1. The molecular formula is C27H23N5O4. The van der Waals surface area contributed by atoms with Gasteiger partial charge >= 0.3 is 0 Å². The Bertz CT molecular complexity index is 1510. The summed E-state index contributed by atoms with van der Waals surface area (Å²) in [6.07, 6.45) is 3.44. The number of hydrazone groups is 1. The Morgan fingerprint density at radius 1 is 1.03 bits per heavy atom. The highest BCUT2D eigenvalue weighted by molar-refractivity contribution is 5.99. The van der Waals surface area contributed by atoms with E-state index >= 15 is 0 Å². The zero-order chi connectivity index (χ0) is 25.5. The van der Waals surface area contributed by atoms with Gasteiger partial charge in [-0.3, -0.25) is 14.4 Å². The van der Waals surface area contributed by atoms with Crippen molar-refractivity contribution in [2.24, 2.45) is 5.10 Å². The van der Waals surface area contributed by atoms with Crippen LogP contribution in [-0.4, -0.2) is 33.3 Å². The van der Waals surface area contributed by atoms with Gasteiger partial charge in [-0.2, -0.15) is 10.2 Å².